The van der Waals surface area contributed by atoms with Crippen LogP contribution in [0, 0.1) is 0 Å². The predicted octanol–water partition coefficient (Wildman–Crippen LogP) is 3.50. The zero-order valence-corrected chi connectivity index (χ0v) is 10.8. The lowest BCUT2D eigenvalue weighted by atomic mass is 10.3. The molecule has 1 aromatic carbocycles. The molecule has 6 heteroatoms. The first-order valence-electron chi connectivity index (χ1n) is 5.30. The SMILES string of the molecule is Clc1nc2sccn2c1/C=N/Nc1ccccc1. The summed E-state index contributed by atoms with van der Waals surface area (Å²) >= 11 is 7.58. The van der Waals surface area contributed by atoms with Gasteiger partial charge in [0.2, 0.25) is 0 Å². The van der Waals surface area contributed by atoms with Gasteiger partial charge in [0.05, 0.1) is 11.9 Å². The Bertz CT molecular complexity index is 686. The fraction of sp³-hybridized carbons (Fsp3) is 0. The van der Waals surface area contributed by atoms with Gasteiger partial charge in [0.15, 0.2) is 10.1 Å². The van der Waals surface area contributed by atoms with Gasteiger partial charge in [-0.25, -0.2) is 4.98 Å². The van der Waals surface area contributed by atoms with Crippen LogP contribution in [-0.2, 0) is 0 Å². The summed E-state index contributed by atoms with van der Waals surface area (Å²) in [6, 6.07) is 9.73. The molecule has 0 aliphatic heterocycles. The number of thiazole rings is 1. The molecule has 0 aliphatic rings. The summed E-state index contributed by atoms with van der Waals surface area (Å²) in [4.78, 5) is 5.09. The molecule has 0 saturated carbocycles. The lowest BCUT2D eigenvalue weighted by Gasteiger charge is -1.98. The summed E-state index contributed by atoms with van der Waals surface area (Å²) in [5, 5.41) is 6.58. The quantitative estimate of drug-likeness (QED) is 0.588. The van der Waals surface area contributed by atoms with Crippen molar-refractivity contribution in [1.29, 1.82) is 0 Å². The number of hydrazone groups is 1. The molecule has 0 unspecified atom stereocenters. The molecule has 4 nitrogen and oxygen atoms in total. The highest BCUT2D eigenvalue weighted by Gasteiger charge is 2.08. The topological polar surface area (TPSA) is 41.7 Å². The van der Waals surface area contributed by atoms with Gasteiger partial charge in [-0.05, 0) is 12.1 Å². The number of anilines is 1. The molecule has 3 rings (SSSR count). The maximum Gasteiger partial charge on any atom is 0.195 e. The van der Waals surface area contributed by atoms with Crippen LogP contribution in [-0.4, -0.2) is 15.6 Å². The minimum absolute atomic E-state index is 0.459. The van der Waals surface area contributed by atoms with Gasteiger partial charge in [-0.3, -0.25) is 9.83 Å². The van der Waals surface area contributed by atoms with E-state index in [2.05, 4.69) is 15.5 Å². The monoisotopic (exact) mass is 276 g/mol. The summed E-state index contributed by atoms with van der Waals surface area (Å²) in [7, 11) is 0. The van der Waals surface area contributed by atoms with Crippen LogP contribution in [0.3, 0.4) is 0 Å². The van der Waals surface area contributed by atoms with Crippen molar-refractivity contribution in [2.45, 2.75) is 0 Å². The fourth-order valence-electron chi connectivity index (χ4n) is 1.57. The third-order valence-corrected chi connectivity index (χ3v) is 3.44. The molecule has 1 N–H and O–H groups in total. The first kappa shape index (κ1) is 11.3. The molecule has 18 heavy (non-hydrogen) atoms. The van der Waals surface area contributed by atoms with Crippen molar-refractivity contribution in [2.75, 3.05) is 5.43 Å². The van der Waals surface area contributed by atoms with E-state index in [-0.39, 0.29) is 0 Å². The predicted molar refractivity (Wildman–Crippen MR) is 75.7 cm³/mol. The van der Waals surface area contributed by atoms with Gasteiger partial charge in [-0.1, -0.05) is 29.8 Å². The standard InChI is InChI=1S/C12H9ClN4S/c13-11-10(17-6-7-18-12(17)15-11)8-14-16-9-4-2-1-3-5-9/h1-8,16H/b14-8+. The number of para-hydroxylation sites is 1. The van der Waals surface area contributed by atoms with E-state index >= 15 is 0 Å². The highest BCUT2D eigenvalue weighted by molar-refractivity contribution is 7.15. The molecule has 0 amide bonds. The number of nitrogens with zero attached hydrogens (tertiary/aromatic N) is 3. The highest BCUT2D eigenvalue weighted by atomic mass is 35.5. The Labute approximate surface area is 113 Å². The Morgan fingerprint density at radius 1 is 1.33 bits per heavy atom. The van der Waals surface area contributed by atoms with Gasteiger partial charge in [-0.2, -0.15) is 5.10 Å². The number of halogens is 1. The van der Waals surface area contributed by atoms with Crippen molar-refractivity contribution in [3.8, 4) is 0 Å². The second kappa shape index (κ2) is 4.80. The van der Waals surface area contributed by atoms with Gasteiger partial charge in [-0.15, -0.1) is 11.3 Å². The van der Waals surface area contributed by atoms with E-state index in [1.807, 2.05) is 46.3 Å². The normalized spacial score (nSPS) is 11.4. The molecule has 90 valence electrons. The van der Waals surface area contributed by atoms with Gasteiger partial charge in [0.1, 0.15) is 5.69 Å². The molecule has 0 fully saturated rings. The molecule has 2 aromatic heterocycles. The molecule has 0 atom stereocenters. The first-order valence-corrected chi connectivity index (χ1v) is 6.55. The van der Waals surface area contributed by atoms with Gasteiger partial charge in [0.25, 0.3) is 0 Å². The van der Waals surface area contributed by atoms with Crippen LogP contribution in [0.5, 0.6) is 0 Å². The van der Waals surface area contributed by atoms with Crippen LogP contribution in [0.15, 0.2) is 47.0 Å². The zero-order chi connectivity index (χ0) is 12.4. The minimum atomic E-state index is 0.459. The number of rotatable bonds is 3. The van der Waals surface area contributed by atoms with E-state index in [0.717, 1.165) is 16.3 Å². The Hall–Kier alpha value is -1.85. The summed E-state index contributed by atoms with van der Waals surface area (Å²) in [5.41, 5.74) is 4.64. The third kappa shape index (κ3) is 2.10. The number of hydrogen-bond donors (Lipinski definition) is 1. The molecule has 2 heterocycles. The Kier molecular flexibility index (Phi) is 3.00. The second-order valence-electron chi connectivity index (χ2n) is 3.58. The molecule has 0 bridgehead atoms. The van der Waals surface area contributed by atoms with Crippen molar-refractivity contribution in [1.82, 2.24) is 9.38 Å². The summed E-state index contributed by atoms with van der Waals surface area (Å²) in [6.45, 7) is 0. The Balaban J connectivity index is 1.84. The van der Waals surface area contributed by atoms with E-state index in [1.54, 1.807) is 6.21 Å². The molecular formula is C12H9ClN4S. The maximum atomic E-state index is 6.05. The van der Waals surface area contributed by atoms with E-state index < -0.39 is 0 Å². The van der Waals surface area contributed by atoms with Crippen molar-refractivity contribution in [3.05, 3.63) is 52.8 Å². The summed E-state index contributed by atoms with van der Waals surface area (Å²) in [5.74, 6) is 0. The average molecular weight is 277 g/mol. The third-order valence-electron chi connectivity index (χ3n) is 2.41. The van der Waals surface area contributed by atoms with E-state index in [9.17, 15) is 0 Å². The Morgan fingerprint density at radius 3 is 3.00 bits per heavy atom. The molecule has 0 saturated heterocycles. The van der Waals surface area contributed by atoms with E-state index in [0.29, 0.717) is 5.15 Å². The smallest absolute Gasteiger partial charge is 0.195 e. The maximum absolute atomic E-state index is 6.05. The number of aromatic nitrogens is 2. The number of nitrogens with one attached hydrogen (secondary N) is 1. The van der Waals surface area contributed by atoms with Gasteiger partial charge in [0, 0.05) is 11.6 Å². The van der Waals surface area contributed by atoms with Crippen molar-refractivity contribution in [3.63, 3.8) is 0 Å². The van der Waals surface area contributed by atoms with Gasteiger partial charge >= 0.3 is 0 Å². The fourth-order valence-corrected chi connectivity index (χ4v) is 2.56. The van der Waals surface area contributed by atoms with Crippen LogP contribution < -0.4 is 5.43 Å². The van der Waals surface area contributed by atoms with Crippen LogP contribution >= 0.6 is 22.9 Å². The Morgan fingerprint density at radius 2 is 2.17 bits per heavy atom. The van der Waals surface area contributed by atoms with Crippen LogP contribution in [0.1, 0.15) is 5.69 Å². The van der Waals surface area contributed by atoms with Crippen molar-refractivity contribution >= 4 is 39.8 Å². The second-order valence-corrected chi connectivity index (χ2v) is 4.81. The summed E-state index contributed by atoms with van der Waals surface area (Å²) < 4.78 is 1.91. The van der Waals surface area contributed by atoms with Crippen molar-refractivity contribution < 1.29 is 0 Å². The molecular weight excluding hydrogens is 268 g/mol. The average Bonchev–Trinajstić information content (AvgIpc) is 2.93. The largest absolute Gasteiger partial charge is 0.288 e. The number of fused-ring (bicyclic) bond motifs is 1. The first-order chi connectivity index (χ1) is 8.84. The minimum Gasteiger partial charge on any atom is -0.288 e. The number of hydrogen-bond acceptors (Lipinski definition) is 4. The van der Waals surface area contributed by atoms with Crippen LogP contribution in [0.4, 0.5) is 5.69 Å². The lowest BCUT2D eigenvalue weighted by Crippen LogP contribution is -1.93. The molecule has 0 radical (unpaired) electrons. The number of imidazole rings is 1. The number of benzene rings is 1. The molecule has 3 aromatic rings. The zero-order valence-electron chi connectivity index (χ0n) is 9.25. The van der Waals surface area contributed by atoms with E-state index in [4.69, 9.17) is 11.6 Å². The van der Waals surface area contributed by atoms with E-state index in [1.165, 1.54) is 11.3 Å². The van der Waals surface area contributed by atoms with Crippen molar-refractivity contribution in [2.24, 2.45) is 5.10 Å². The van der Waals surface area contributed by atoms with Gasteiger partial charge < -0.3 is 0 Å². The highest BCUT2D eigenvalue weighted by Crippen LogP contribution is 2.19. The molecule has 0 aliphatic carbocycles. The molecule has 0 spiro atoms. The summed E-state index contributed by atoms with van der Waals surface area (Å²) in [6.07, 6.45) is 3.59. The van der Waals surface area contributed by atoms with Crippen LogP contribution in [0.2, 0.25) is 5.15 Å². The van der Waals surface area contributed by atoms with Crippen LogP contribution in [0.25, 0.3) is 4.96 Å². The lowest BCUT2D eigenvalue weighted by molar-refractivity contribution is 1.21.